The van der Waals surface area contributed by atoms with Crippen LogP contribution >= 0.6 is 0 Å². The first kappa shape index (κ1) is 15.9. The van der Waals surface area contributed by atoms with Crippen LogP contribution in [0.5, 0.6) is 0 Å². The highest BCUT2D eigenvalue weighted by Gasteiger charge is 2.14. The van der Waals surface area contributed by atoms with Gasteiger partial charge in [0.05, 0.1) is 13.1 Å². The quantitative estimate of drug-likeness (QED) is 0.566. The summed E-state index contributed by atoms with van der Waals surface area (Å²) in [6.07, 6.45) is 0.795. The molecule has 0 saturated carbocycles. The van der Waals surface area contributed by atoms with Crippen molar-refractivity contribution in [2.24, 2.45) is 5.73 Å². The number of hydrogen-bond acceptors (Lipinski definition) is 4. The molecule has 100 valence electrons. The van der Waals surface area contributed by atoms with Crippen LogP contribution < -0.4 is 11.1 Å². The van der Waals surface area contributed by atoms with Gasteiger partial charge in [-0.25, -0.2) is 0 Å². The standard InChI is InChI=1S/C11H24N4O2/c1-4-15(8-10(16)13-2)9-11(17)14(3)7-5-6-12/h4-9,12H2,1-3H3,(H,13,16). The molecule has 0 aliphatic rings. The summed E-state index contributed by atoms with van der Waals surface area (Å²) in [5, 5.41) is 2.54. The van der Waals surface area contributed by atoms with Crippen molar-refractivity contribution in [2.45, 2.75) is 13.3 Å². The zero-order valence-electron chi connectivity index (χ0n) is 11.0. The van der Waals surface area contributed by atoms with Gasteiger partial charge in [-0.2, -0.15) is 0 Å². The molecule has 0 spiro atoms. The zero-order chi connectivity index (χ0) is 13.3. The van der Waals surface area contributed by atoms with Crippen molar-refractivity contribution in [3.8, 4) is 0 Å². The molecular formula is C11H24N4O2. The van der Waals surface area contributed by atoms with E-state index in [-0.39, 0.29) is 24.9 Å². The Hall–Kier alpha value is -1.14. The molecule has 0 radical (unpaired) electrons. The Morgan fingerprint density at radius 2 is 1.94 bits per heavy atom. The Kier molecular flexibility index (Phi) is 8.35. The summed E-state index contributed by atoms with van der Waals surface area (Å²) in [5.74, 6) is -0.0616. The Labute approximate surface area is 103 Å². The third kappa shape index (κ3) is 6.91. The first-order valence-corrected chi connectivity index (χ1v) is 5.92. The lowest BCUT2D eigenvalue weighted by molar-refractivity contribution is -0.131. The van der Waals surface area contributed by atoms with E-state index in [0.717, 1.165) is 6.42 Å². The maximum Gasteiger partial charge on any atom is 0.236 e. The molecule has 0 unspecified atom stereocenters. The lowest BCUT2D eigenvalue weighted by Crippen LogP contribution is -2.43. The van der Waals surface area contributed by atoms with Gasteiger partial charge in [0.1, 0.15) is 0 Å². The lowest BCUT2D eigenvalue weighted by Gasteiger charge is -2.23. The van der Waals surface area contributed by atoms with E-state index >= 15 is 0 Å². The number of nitrogens with two attached hydrogens (primary N) is 1. The fourth-order valence-electron chi connectivity index (χ4n) is 1.33. The fraction of sp³-hybridized carbons (Fsp3) is 0.818. The second-order valence-electron chi connectivity index (χ2n) is 3.93. The lowest BCUT2D eigenvalue weighted by atomic mass is 10.3. The summed E-state index contributed by atoms with van der Waals surface area (Å²) in [4.78, 5) is 26.5. The monoisotopic (exact) mass is 244 g/mol. The highest BCUT2D eigenvalue weighted by molar-refractivity contribution is 5.80. The Balaban J connectivity index is 4.08. The largest absolute Gasteiger partial charge is 0.358 e. The van der Waals surface area contributed by atoms with Gasteiger partial charge >= 0.3 is 0 Å². The van der Waals surface area contributed by atoms with Crippen LogP contribution in [0.4, 0.5) is 0 Å². The summed E-state index contributed by atoms with van der Waals surface area (Å²) in [6.45, 7) is 4.36. The molecule has 0 aliphatic carbocycles. The Bertz CT molecular complexity index is 246. The normalized spacial score (nSPS) is 10.4. The highest BCUT2D eigenvalue weighted by atomic mass is 16.2. The topological polar surface area (TPSA) is 78.7 Å². The van der Waals surface area contributed by atoms with Crippen molar-refractivity contribution in [2.75, 3.05) is 46.8 Å². The van der Waals surface area contributed by atoms with Gasteiger partial charge in [0, 0.05) is 20.6 Å². The molecule has 0 aromatic heterocycles. The number of likely N-dealkylation sites (N-methyl/N-ethyl adjacent to an activating group) is 3. The van der Waals surface area contributed by atoms with Crippen molar-refractivity contribution >= 4 is 11.8 Å². The molecule has 0 atom stereocenters. The molecule has 0 saturated heterocycles. The van der Waals surface area contributed by atoms with Gasteiger partial charge in [-0.1, -0.05) is 6.92 Å². The molecule has 6 heteroatoms. The maximum atomic E-state index is 11.8. The summed E-state index contributed by atoms with van der Waals surface area (Å²) in [6, 6.07) is 0. The van der Waals surface area contributed by atoms with Gasteiger partial charge in [0.2, 0.25) is 11.8 Å². The number of carbonyl (C=O) groups excluding carboxylic acids is 2. The molecule has 0 fully saturated rings. The van der Waals surface area contributed by atoms with E-state index in [1.165, 1.54) is 0 Å². The van der Waals surface area contributed by atoms with Gasteiger partial charge in [-0.05, 0) is 19.5 Å². The van der Waals surface area contributed by atoms with Gasteiger partial charge in [0.15, 0.2) is 0 Å². The van der Waals surface area contributed by atoms with Crippen molar-refractivity contribution in [3.63, 3.8) is 0 Å². The van der Waals surface area contributed by atoms with Gasteiger partial charge in [0.25, 0.3) is 0 Å². The van der Waals surface area contributed by atoms with E-state index in [0.29, 0.717) is 19.6 Å². The smallest absolute Gasteiger partial charge is 0.236 e. The molecular weight excluding hydrogens is 220 g/mol. The third-order valence-corrected chi connectivity index (χ3v) is 2.58. The zero-order valence-corrected chi connectivity index (χ0v) is 11.0. The SMILES string of the molecule is CCN(CC(=O)NC)CC(=O)N(C)CCCN. The van der Waals surface area contributed by atoms with Crippen LogP contribution in [0.25, 0.3) is 0 Å². The molecule has 2 amide bonds. The molecule has 3 N–H and O–H groups in total. The van der Waals surface area contributed by atoms with Crippen LogP contribution in [0.2, 0.25) is 0 Å². The van der Waals surface area contributed by atoms with E-state index in [1.807, 2.05) is 6.92 Å². The minimum absolute atomic E-state index is 0.0178. The molecule has 0 aliphatic heterocycles. The Morgan fingerprint density at radius 1 is 1.29 bits per heavy atom. The number of nitrogens with zero attached hydrogens (tertiary/aromatic N) is 2. The molecule has 0 rings (SSSR count). The van der Waals surface area contributed by atoms with E-state index in [9.17, 15) is 9.59 Å². The average Bonchev–Trinajstić information content (AvgIpc) is 2.34. The number of hydrogen-bond donors (Lipinski definition) is 2. The predicted octanol–water partition coefficient (Wildman–Crippen LogP) is -1.14. The van der Waals surface area contributed by atoms with E-state index in [1.54, 1.807) is 23.9 Å². The molecule has 17 heavy (non-hydrogen) atoms. The highest BCUT2D eigenvalue weighted by Crippen LogP contribution is 1.93. The number of rotatable bonds is 8. The Morgan fingerprint density at radius 3 is 2.41 bits per heavy atom. The van der Waals surface area contributed by atoms with Crippen LogP contribution in [0, 0.1) is 0 Å². The number of amides is 2. The minimum Gasteiger partial charge on any atom is -0.358 e. The predicted molar refractivity (Wildman–Crippen MR) is 67.5 cm³/mol. The summed E-state index contributed by atoms with van der Waals surface area (Å²) in [7, 11) is 3.34. The number of carbonyl (C=O) groups is 2. The van der Waals surface area contributed by atoms with Crippen molar-refractivity contribution in [1.82, 2.24) is 15.1 Å². The van der Waals surface area contributed by atoms with Crippen molar-refractivity contribution in [3.05, 3.63) is 0 Å². The second kappa shape index (κ2) is 8.95. The first-order valence-electron chi connectivity index (χ1n) is 5.92. The second-order valence-corrected chi connectivity index (χ2v) is 3.93. The van der Waals surface area contributed by atoms with Crippen LogP contribution in [0.15, 0.2) is 0 Å². The summed E-state index contributed by atoms with van der Waals surface area (Å²) in [5.41, 5.74) is 5.39. The van der Waals surface area contributed by atoms with E-state index in [2.05, 4.69) is 5.32 Å². The van der Waals surface area contributed by atoms with Crippen molar-refractivity contribution < 1.29 is 9.59 Å². The summed E-state index contributed by atoms with van der Waals surface area (Å²) >= 11 is 0. The van der Waals surface area contributed by atoms with Crippen LogP contribution in [0.3, 0.4) is 0 Å². The molecule has 0 aromatic rings. The van der Waals surface area contributed by atoms with E-state index in [4.69, 9.17) is 5.73 Å². The first-order chi connectivity index (χ1) is 8.04. The molecule has 0 aromatic carbocycles. The number of nitrogens with one attached hydrogen (secondary N) is 1. The average molecular weight is 244 g/mol. The molecule has 0 bridgehead atoms. The minimum atomic E-state index is -0.0794. The molecule has 6 nitrogen and oxygen atoms in total. The van der Waals surface area contributed by atoms with Gasteiger partial charge < -0.3 is 16.0 Å². The van der Waals surface area contributed by atoms with Crippen molar-refractivity contribution in [1.29, 1.82) is 0 Å². The van der Waals surface area contributed by atoms with Crippen LogP contribution in [-0.4, -0.2) is 68.4 Å². The maximum absolute atomic E-state index is 11.8. The third-order valence-electron chi connectivity index (χ3n) is 2.58. The van der Waals surface area contributed by atoms with Crippen LogP contribution in [-0.2, 0) is 9.59 Å². The fourth-order valence-corrected chi connectivity index (χ4v) is 1.33. The van der Waals surface area contributed by atoms with Gasteiger partial charge in [-0.3, -0.25) is 14.5 Å². The van der Waals surface area contributed by atoms with Crippen LogP contribution in [0.1, 0.15) is 13.3 Å². The van der Waals surface area contributed by atoms with Gasteiger partial charge in [-0.15, -0.1) is 0 Å². The summed E-state index contributed by atoms with van der Waals surface area (Å²) < 4.78 is 0. The van der Waals surface area contributed by atoms with E-state index < -0.39 is 0 Å². The molecule has 0 heterocycles.